The molecule has 1 fully saturated rings. The third kappa shape index (κ3) is 4.78. The van der Waals surface area contributed by atoms with Gasteiger partial charge in [-0.15, -0.1) is 11.3 Å². The quantitative estimate of drug-likeness (QED) is 0.653. The maximum Gasteiger partial charge on any atom is 0.253 e. The van der Waals surface area contributed by atoms with E-state index in [2.05, 4.69) is 15.3 Å². The van der Waals surface area contributed by atoms with Gasteiger partial charge in [-0.3, -0.25) is 9.59 Å². The maximum absolute atomic E-state index is 13.4. The molecule has 1 saturated carbocycles. The van der Waals surface area contributed by atoms with Gasteiger partial charge >= 0.3 is 0 Å². The molecular weight excluding hydrogens is 410 g/mol. The van der Waals surface area contributed by atoms with Gasteiger partial charge in [-0.05, 0) is 32.3 Å². The second-order valence-corrected chi connectivity index (χ2v) is 10.6. The van der Waals surface area contributed by atoms with E-state index in [1.807, 2.05) is 6.92 Å². The Morgan fingerprint density at radius 3 is 2.72 bits per heavy atom. The number of carbonyl (C=O) groups excluding carboxylic acids is 1. The molecule has 9 heteroatoms. The van der Waals surface area contributed by atoms with Crippen molar-refractivity contribution in [1.29, 1.82) is 0 Å². The van der Waals surface area contributed by atoms with Crippen LogP contribution in [0.2, 0.25) is 0 Å². The van der Waals surface area contributed by atoms with Crippen molar-refractivity contribution in [3.8, 4) is 0 Å². The number of carbonyl (C=O) groups is 1. The number of amides is 1. The first kappa shape index (κ1) is 21.7. The molecule has 0 saturated heterocycles. The Hall–Kier alpha value is -2.00. The molecule has 29 heavy (non-hydrogen) atoms. The van der Waals surface area contributed by atoms with Crippen LogP contribution in [0.5, 0.6) is 0 Å². The number of pyridine rings is 1. The summed E-state index contributed by atoms with van der Waals surface area (Å²) >= 11 is 1.28. The summed E-state index contributed by atoms with van der Waals surface area (Å²) < 4.78 is 26.8. The number of sulfone groups is 1. The fraction of sp³-hybridized carbons (Fsp3) is 0.550. The van der Waals surface area contributed by atoms with Gasteiger partial charge in [0.25, 0.3) is 5.56 Å². The molecule has 7 nitrogen and oxygen atoms in total. The molecular formula is C20H27N3O4S2. The third-order valence-corrected chi connectivity index (χ3v) is 8.38. The number of hydrogen-bond acceptors (Lipinski definition) is 6. The molecule has 2 aromatic heterocycles. The molecule has 3 rings (SSSR count). The van der Waals surface area contributed by atoms with E-state index in [0.29, 0.717) is 36.5 Å². The van der Waals surface area contributed by atoms with Gasteiger partial charge in [-0.25, -0.2) is 13.4 Å². The predicted octanol–water partition coefficient (Wildman–Crippen LogP) is 3.77. The van der Waals surface area contributed by atoms with Crippen molar-refractivity contribution >= 4 is 32.2 Å². The lowest BCUT2D eigenvalue weighted by Crippen LogP contribution is -2.31. The summed E-state index contributed by atoms with van der Waals surface area (Å²) in [5, 5.41) is 4.42. The number of anilines is 1. The molecule has 2 heterocycles. The Morgan fingerprint density at radius 1 is 1.38 bits per heavy atom. The highest BCUT2D eigenvalue weighted by atomic mass is 32.2. The van der Waals surface area contributed by atoms with Gasteiger partial charge in [0, 0.05) is 22.8 Å². The first-order valence-corrected chi connectivity index (χ1v) is 12.4. The largest absolute Gasteiger partial charge is 0.326 e. The molecule has 1 unspecified atom stereocenters. The minimum absolute atomic E-state index is 0.0149. The maximum atomic E-state index is 13.4. The molecule has 1 aliphatic rings. The lowest BCUT2D eigenvalue weighted by atomic mass is 9.93. The number of aromatic nitrogens is 2. The molecule has 0 radical (unpaired) electrons. The van der Waals surface area contributed by atoms with Gasteiger partial charge in [0.15, 0.2) is 15.0 Å². The van der Waals surface area contributed by atoms with E-state index < -0.39 is 32.5 Å². The number of rotatable bonds is 8. The normalized spacial score (nSPS) is 16.1. The van der Waals surface area contributed by atoms with E-state index >= 15 is 0 Å². The molecule has 0 bridgehead atoms. The number of thiazole rings is 1. The fourth-order valence-electron chi connectivity index (χ4n) is 3.90. The average molecular weight is 438 g/mol. The van der Waals surface area contributed by atoms with Gasteiger partial charge in [-0.2, -0.15) is 0 Å². The standard InChI is InChI=1S/C20H27N3O4S2/c1-3-4-9-15(18(24)23-20-21-10-11-28-20)17-16(12-13(2)22-19(17)25)29(26,27)14-7-5-6-8-14/h10-12,14-15H,3-9H2,1-2H3,(H,22,25)(H,21,23,24). The van der Waals surface area contributed by atoms with Gasteiger partial charge in [0.2, 0.25) is 5.91 Å². The molecule has 1 aliphatic carbocycles. The van der Waals surface area contributed by atoms with Crippen LogP contribution in [-0.4, -0.2) is 29.5 Å². The first-order chi connectivity index (χ1) is 13.8. The van der Waals surface area contributed by atoms with Crippen LogP contribution in [0.4, 0.5) is 5.13 Å². The summed E-state index contributed by atoms with van der Waals surface area (Å²) in [6.07, 6.45) is 6.43. The van der Waals surface area contributed by atoms with Crippen molar-refractivity contribution in [2.75, 3.05) is 5.32 Å². The van der Waals surface area contributed by atoms with Crippen LogP contribution >= 0.6 is 11.3 Å². The number of aryl methyl sites for hydroxylation is 1. The minimum Gasteiger partial charge on any atom is -0.326 e. The Morgan fingerprint density at radius 2 is 2.10 bits per heavy atom. The number of hydrogen-bond donors (Lipinski definition) is 2. The van der Waals surface area contributed by atoms with Gasteiger partial charge in [0.1, 0.15) is 0 Å². The Kier molecular flexibility index (Phi) is 6.89. The monoisotopic (exact) mass is 437 g/mol. The van der Waals surface area contributed by atoms with Gasteiger partial charge in [-0.1, -0.05) is 32.6 Å². The molecule has 2 aromatic rings. The Bertz CT molecular complexity index is 1010. The zero-order valence-corrected chi connectivity index (χ0v) is 18.4. The Labute approximate surface area is 174 Å². The fourth-order valence-corrected chi connectivity index (χ4v) is 6.63. The van der Waals surface area contributed by atoms with Crippen LogP contribution in [0.25, 0.3) is 0 Å². The number of H-pyrrole nitrogens is 1. The summed E-state index contributed by atoms with van der Waals surface area (Å²) in [7, 11) is -3.69. The second-order valence-electron chi connectivity index (χ2n) is 7.53. The van der Waals surface area contributed by atoms with Crippen molar-refractivity contribution in [2.24, 2.45) is 0 Å². The smallest absolute Gasteiger partial charge is 0.253 e. The lowest BCUT2D eigenvalue weighted by Gasteiger charge is -2.21. The molecule has 0 aromatic carbocycles. The minimum atomic E-state index is -3.69. The molecule has 158 valence electrons. The summed E-state index contributed by atoms with van der Waals surface area (Å²) in [5.74, 6) is -1.25. The Balaban J connectivity index is 2.09. The number of nitrogens with zero attached hydrogens (tertiary/aromatic N) is 1. The SMILES string of the molecule is CCCCC(C(=O)Nc1nccs1)c1c(S(=O)(=O)C2CCCC2)cc(C)[nH]c1=O. The molecule has 1 amide bonds. The summed E-state index contributed by atoms with van der Waals surface area (Å²) in [6.45, 7) is 3.65. The summed E-state index contributed by atoms with van der Waals surface area (Å²) in [6, 6.07) is 1.51. The van der Waals surface area contributed by atoms with Crippen molar-refractivity contribution in [2.45, 2.75) is 74.9 Å². The van der Waals surface area contributed by atoms with E-state index in [0.717, 1.165) is 19.3 Å². The number of aromatic amines is 1. The highest BCUT2D eigenvalue weighted by molar-refractivity contribution is 7.92. The summed E-state index contributed by atoms with van der Waals surface area (Å²) in [5.41, 5.74) is 0.0341. The number of unbranched alkanes of at least 4 members (excludes halogenated alkanes) is 1. The van der Waals surface area contributed by atoms with Crippen molar-refractivity contribution in [3.05, 3.63) is 39.3 Å². The lowest BCUT2D eigenvalue weighted by molar-refractivity contribution is -0.117. The van der Waals surface area contributed by atoms with Crippen LogP contribution in [0.15, 0.2) is 27.3 Å². The zero-order valence-electron chi connectivity index (χ0n) is 16.7. The van der Waals surface area contributed by atoms with Crippen molar-refractivity contribution < 1.29 is 13.2 Å². The van der Waals surface area contributed by atoms with Crippen LogP contribution < -0.4 is 10.9 Å². The third-order valence-electron chi connectivity index (χ3n) is 5.39. The molecule has 0 aliphatic heterocycles. The van der Waals surface area contributed by atoms with Crippen LogP contribution in [0.1, 0.15) is 69.0 Å². The van der Waals surface area contributed by atoms with Gasteiger partial charge < -0.3 is 10.3 Å². The van der Waals surface area contributed by atoms with Crippen LogP contribution in [0.3, 0.4) is 0 Å². The molecule has 1 atom stereocenters. The van der Waals surface area contributed by atoms with Gasteiger partial charge in [0.05, 0.1) is 16.1 Å². The van der Waals surface area contributed by atoms with E-state index in [4.69, 9.17) is 0 Å². The van der Waals surface area contributed by atoms with Crippen LogP contribution in [-0.2, 0) is 14.6 Å². The first-order valence-electron chi connectivity index (χ1n) is 10.0. The van der Waals surface area contributed by atoms with E-state index in [9.17, 15) is 18.0 Å². The molecule has 2 N–H and O–H groups in total. The van der Waals surface area contributed by atoms with E-state index in [1.54, 1.807) is 18.5 Å². The number of nitrogens with one attached hydrogen (secondary N) is 2. The van der Waals surface area contributed by atoms with E-state index in [-0.39, 0.29) is 10.5 Å². The zero-order chi connectivity index (χ0) is 21.0. The topological polar surface area (TPSA) is 109 Å². The van der Waals surface area contributed by atoms with Crippen LogP contribution in [0, 0.1) is 6.92 Å². The average Bonchev–Trinajstić information content (AvgIpc) is 3.37. The van der Waals surface area contributed by atoms with Crippen molar-refractivity contribution in [3.63, 3.8) is 0 Å². The highest BCUT2D eigenvalue weighted by Crippen LogP contribution is 2.34. The molecule has 0 spiro atoms. The highest BCUT2D eigenvalue weighted by Gasteiger charge is 2.36. The van der Waals surface area contributed by atoms with E-state index in [1.165, 1.54) is 17.4 Å². The predicted molar refractivity (Wildman–Crippen MR) is 114 cm³/mol. The van der Waals surface area contributed by atoms with Crippen molar-refractivity contribution in [1.82, 2.24) is 9.97 Å². The second kappa shape index (κ2) is 9.21. The summed E-state index contributed by atoms with van der Waals surface area (Å²) in [4.78, 5) is 32.8.